The minimum atomic E-state index is 0.0640. The summed E-state index contributed by atoms with van der Waals surface area (Å²) in [6, 6.07) is 0.561. The van der Waals surface area contributed by atoms with Crippen molar-refractivity contribution in [3.05, 3.63) is 0 Å². The Morgan fingerprint density at radius 1 is 1.37 bits per heavy atom. The van der Waals surface area contributed by atoms with Crippen LogP contribution in [-0.4, -0.2) is 24.7 Å². The molecule has 5 heteroatoms. The van der Waals surface area contributed by atoms with E-state index in [4.69, 9.17) is 4.74 Å². The summed E-state index contributed by atoms with van der Waals surface area (Å²) in [6.07, 6.45) is 2.16. The second-order valence-corrected chi connectivity index (χ2v) is 5.25. The van der Waals surface area contributed by atoms with E-state index in [0.29, 0.717) is 12.6 Å². The fraction of sp³-hybridized carbons (Fsp3) is 0.786. The monoisotopic (exact) mass is 285 g/mol. The van der Waals surface area contributed by atoms with E-state index in [2.05, 4.69) is 47.6 Å². The third-order valence-electron chi connectivity index (χ3n) is 2.27. The van der Waals surface area contributed by atoms with Gasteiger partial charge in [-0.05, 0) is 24.4 Å². The maximum atomic E-state index is 5.29. The molecule has 0 fully saturated rings. The van der Waals surface area contributed by atoms with Crippen LogP contribution in [0.3, 0.4) is 0 Å². The van der Waals surface area contributed by atoms with Gasteiger partial charge in [-0.2, -0.15) is 0 Å². The van der Waals surface area contributed by atoms with Crippen molar-refractivity contribution >= 4 is 18.0 Å². The second-order valence-electron chi connectivity index (χ2n) is 4.36. The molecule has 0 bridgehead atoms. The average Bonchev–Trinajstić information content (AvgIpc) is 2.84. The van der Waals surface area contributed by atoms with E-state index in [1.807, 2.05) is 13.8 Å². The Kier molecular flexibility index (Phi) is 11.6. The Labute approximate surface area is 122 Å². The molecule has 0 aromatic rings. The highest BCUT2D eigenvalue weighted by atomic mass is 32.2. The Balaban J connectivity index is 0.000000555. The van der Waals surface area contributed by atoms with Crippen molar-refractivity contribution in [3.8, 4) is 11.8 Å². The van der Waals surface area contributed by atoms with Gasteiger partial charge in [0, 0.05) is 6.42 Å². The van der Waals surface area contributed by atoms with E-state index >= 15 is 0 Å². The number of nitrogens with zero attached hydrogens (tertiary/aromatic N) is 1. The highest BCUT2D eigenvalue weighted by Gasteiger charge is 2.16. The first-order chi connectivity index (χ1) is 9.13. The van der Waals surface area contributed by atoms with Gasteiger partial charge >= 0.3 is 0 Å². The third kappa shape index (κ3) is 10.7. The molecule has 0 aromatic heterocycles. The fourth-order valence-electron chi connectivity index (χ4n) is 0.875. The van der Waals surface area contributed by atoms with Crippen LogP contribution in [0.1, 0.15) is 47.5 Å². The lowest BCUT2D eigenvalue weighted by molar-refractivity contribution is 0.347. The third-order valence-corrected chi connectivity index (χ3v) is 3.06. The molecular formula is C14H27N3OS. The lowest BCUT2D eigenvalue weighted by atomic mass is 10.2. The molecule has 0 saturated carbocycles. The standard InChI is InChI=1S/C9H15N3OS.C5H12/c1-3-5-6-7-13-8-11-9(10-4-2)14-12-8;1-4-5(2)3/h9-10H,3-4,7H2,1-2H3,(H,11,12);5H,4H2,1-3H3. The van der Waals surface area contributed by atoms with Crippen molar-refractivity contribution in [1.29, 1.82) is 0 Å². The minimum absolute atomic E-state index is 0.0640. The van der Waals surface area contributed by atoms with Gasteiger partial charge in [0.05, 0.1) is 0 Å². The summed E-state index contributed by atoms with van der Waals surface area (Å²) in [5.41, 5.74) is 0.0640. The highest BCUT2D eigenvalue weighted by Crippen LogP contribution is 2.12. The number of hydrogen-bond acceptors (Lipinski definition) is 5. The fourth-order valence-corrected chi connectivity index (χ4v) is 1.60. The van der Waals surface area contributed by atoms with E-state index in [-0.39, 0.29) is 5.50 Å². The smallest absolute Gasteiger partial charge is 0.298 e. The van der Waals surface area contributed by atoms with E-state index in [1.54, 1.807) is 0 Å². The number of rotatable bonds is 4. The Morgan fingerprint density at radius 2 is 2.05 bits per heavy atom. The maximum absolute atomic E-state index is 5.29. The average molecular weight is 285 g/mol. The van der Waals surface area contributed by atoms with Crippen molar-refractivity contribution in [2.75, 3.05) is 13.2 Å². The lowest BCUT2D eigenvalue weighted by Gasteiger charge is -2.02. The Morgan fingerprint density at radius 3 is 2.58 bits per heavy atom. The molecule has 1 aliphatic rings. The van der Waals surface area contributed by atoms with Crippen LogP contribution < -0.4 is 10.0 Å². The molecule has 0 aliphatic carbocycles. The molecular weight excluding hydrogens is 258 g/mol. The quantitative estimate of drug-likeness (QED) is 0.616. The van der Waals surface area contributed by atoms with Crippen LogP contribution in [0.25, 0.3) is 0 Å². The predicted octanol–water partition coefficient (Wildman–Crippen LogP) is 2.97. The van der Waals surface area contributed by atoms with Crippen molar-refractivity contribution in [3.63, 3.8) is 0 Å². The molecule has 1 unspecified atom stereocenters. The van der Waals surface area contributed by atoms with Gasteiger partial charge in [-0.3, -0.25) is 10.0 Å². The van der Waals surface area contributed by atoms with Crippen LogP contribution >= 0.6 is 11.9 Å². The lowest BCUT2D eigenvalue weighted by Crippen LogP contribution is -2.22. The van der Waals surface area contributed by atoms with E-state index in [9.17, 15) is 0 Å². The molecule has 0 saturated heterocycles. The first kappa shape index (κ1) is 18.1. The molecule has 1 atom stereocenters. The van der Waals surface area contributed by atoms with Gasteiger partial charge < -0.3 is 4.74 Å². The van der Waals surface area contributed by atoms with E-state index in [1.165, 1.54) is 18.4 Å². The number of nitrogens with one attached hydrogen (secondary N) is 2. The normalized spacial score (nSPS) is 16.7. The second kappa shape index (κ2) is 12.2. The van der Waals surface area contributed by atoms with Crippen LogP contribution in [0.2, 0.25) is 0 Å². The first-order valence-electron chi connectivity index (χ1n) is 6.95. The SMILES string of the molecule is CCC#CCOC1=NC(NCC)SN1.CCC(C)C. The molecule has 1 heterocycles. The summed E-state index contributed by atoms with van der Waals surface area (Å²) in [5, 5.41) is 3.17. The van der Waals surface area contributed by atoms with Crippen molar-refractivity contribution < 1.29 is 4.74 Å². The molecule has 4 nitrogen and oxygen atoms in total. The van der Waals surface area contributed by atoms with Crippen LogP contribution in [0, 0.1) is 17.8 Å². The number of amidine groups is 1. The summed E-state index contributed by atoms with van der Waals surface area (Å²) < 4.78 is 8.27. The summed E-state index contributed by atoms with van der Waals surface area (Å²) >= 11 is 1.50. The Bertz CT molecular complexity index is 308. The number of aliphatic imine (C=N–C) groups is 1. The van der Waals surface area contributed by atoms with Crippen LogP contribution in [0.15, 0.2) is 4.99 Å². The molecule has 0 radical (unpaired) electrons. The van der Waals surface area contributed by atoms with Crippen molar-refractivity contribution in [1.82, 2.24) is 10.0 Å². The van der Waals surface area contributed by atoms with Crippen LogP contribution in [0.5, 0.6) is 0 Å². The molecule has 0 aromatic carbocycles. The van der Waals surface area contributed by atoms with Gasteiger partial charge in [0.1, 0.15) is 0 Å². The largest absolute Gasteiger partial charge is 0.451 e. The zero-order valence-electron chi connectivity index (χ0n) is 12.7. The molecule has 1 aliphatic heterocycles. The molecule has 2 N–H and O–H groups in total. The molecule has 1 rings (SSSR count). The van der Waals surface area contributed by atoms with Gasteiger partial charge in [-0.1, -0.05) is 47.0 Å². The maximum Gasteiger partial charge on any atom is 0.298 e. The van der Waals surface area contributed by atoms with Crippen LogP contribution in [-0.2, 0) is 4.74 Å². The van der Waals surface area contributed by atoms with Crippen molar-refractivity contribution in [2.24, 2.45) is 10.9 Å². The zero-order valence-corrected chi connectivity index (χ0v) is 13.6. The van der Waals surface area contributed by atoms with Gasteiger partial charge in [0.15, 0.2) is 12.1 Å². The van der Waals surface area contributed by atoms with Gasteiger partial charge in [-0.15, -0.1) is 5.92 Å². The predicted molar refractivity (Wildman–Crippen MR) is 84.8 cm³/mol. The summed E-state index contributed by atoms with van der Waals surface area (Å²) in [5.74, 6) is 6.70. The molecule has 19 heavy (non-hydrogen) atoms. The van der Waals surface area contributed by atoms with E-state index in [0.717, 1.165) is 18.9 Å². The summed E-state index contributed by atoms with van der Waals surface area (Å²) in [7, 11) is 0. The molecule has 110 valence electrons. The molecule has 0 amide bonds. The Hall–Kier alpha value is -0.860. The van der Waals surface area contributed by atoms with Crippen LogP contribution in [0.4, 0.5) is 0 Å². The zero-order chi connectivity index (χ0) is 14.5. The van der Waals surface area contributed by atoms with E-state index < -0.39 is 0 Å². The van der Waals surface area contributed by atoms with Gasteiger partial charge in [-0.25, -0.2) is 4.99 Å². The number of hydrogen-bond donors (Lipinski definition) is 2. The van der Waals surface area contributed by atoms with Gasteiger partial charge in [0.2, 0.25) is 0 Å². The molecule has 0 spiro atoms. The topological polar surface area (TPSA) is 45.6 Å². The minimum Gasteiger partial charge on any atom is -0.451 e. The first-order valence-corrected chi connectivity index (χ1v) is 7.83. The summed E-state index contributed by atoms with van der Waals surface area (Å²) in [6.45, 7) is 12.0. The van der Waals surface area contributed by atoms with Crippen molar-refractivity contribution in [2.45, 2.75) is 53.0 Å². The summed E-state index contributed by atoms with van der Waals surface area (Å²) in [4.78, 5) is 4.24. The van der Waals surface area contributed by atoms with Gasteiger partial charge in [0.25, 0.3) is 6.02 Å². The number of ether oxygens (including phenoxy) is 1. The highest BCUT2D eigenvalue weighted by molar-refractivity contribution is 7.98.